The Balaban J connectivity index is 2.57. The van der Waals surface area contributed by atoms with E-state index in [0.29, 0.717) is 5.75 Å². The predicted molar refractivity (Wildman–Crippen MR) is 80.4 cm³/mol. The molecule has 0 unspecified atom stereocenters. The minimum Gasteiger partial charge on any atom is -0.508 e. The number of benzene rings is 1. The lowest BCUT2D eigenvalue weighted by Crippen LogP contribution is -2.17. The van der Waals surface area contributed by atoms with Gasteiger partial charge in [0.1, 0.15) is 17.2 Å². The lowest BCUT2D eigenvalue weighted by atomic mass is 9.74. The van der Waals surface area contributed by atoms with Crippen molar-refractivity contribution in [3.63, 3.8) is 0 Å². The molecule has 2 atom stereocenters. The van der Waals surface area contributed by atoms with Gasteiger partial charge in [0.25, 0.3) is 0 Å². The maximum atomic E-state index is 10.2. The van der Waals surface area contributed by atoms with Gasteiger partial charge in [0.2, 0.25) is 0 Å². The van der Waals surface area contributed by atoms with Crippen molar-refractivity contribution in [2.75, 3.05) is 7.11 Å². The van der Waals surface area contributed by atoms with E-state index in [-0.39, 0.29) is 23.3 Å². The van der Waals surface area contributed by atoms with Gasteiger partial charge in [-0.15, -0.1) is 0 Å². The molecule has 0 aromatic heterocycles. The molecule has 0 amide bonds. The topological polar surface area (TPSA) is 49.7 Å². The maximum absolute atomic E-state index is 10.2. The van der Waals surface area contributed by atoms with E-state index in [1.165, 1.54) is 11.6 Å². The summed E-state index contributed by atoms with van der Waals surface area (Å²) in [6, 6.07) is 2.91. The number of methoxy groups -OCH3 is 1. The van der Waals surface area contributed by atoms with Crippen LogP contribution in [0.1, 0.15) is 38.2 Å². The molecule has 0 aliphatic heterocycles. The summed E-state index contributed by atoms with van der Waals surface area (Å²) in [5.41, 5.74) is 3.15. The molecule has 0 bridgehead atoms. The van der Waals surface area contributed by atoms with Crippen LogP contribution in [0.3, 0.4) is 0 Å². The van der Waals surface area contributed by atoms with Crippen LogP contribution in [-0.4, -0.2) is 17.3 Å². The third kappa shape index (κ3) is 2.67. The van der Waals surface area contributed by atoms with Gasteiger partial charge >= 0.3 is 0 Å². The Bertz CT molecular complexity index is 558. The van der Waals surface area contributed by atoms with E-state index < -0.39 is 0 Å². The Labute approximate surface area is 120 Å². The Morgan fingerprint density at radius 2 is 2.05 bits per heavy atom. The van der Waals surface area contributed by atoms with Crippen molar-refractivity contribution in [2.45, 2.75) is 32.6 Å². The molecule has 2 N–H and O–H groups in total. The van der Waals surface area contributed by atoms with Crippen LogP contribution in [0.4, 0.5) is 0 Å². The normalized spacial score (nSPS) is 22.2. The summed E-state index contributed by atoms with van der Waals surface area (Å²) in [6.07, 6.45) is 4.25. The highest BCUT2D eigenvalue weighted by atomic mass is 16.5. The molecule has 0 radical (unpaired) electrons. The quantitative estimate of drug-likeness (QED) is 0.815. The van der Waals surface area contributed by atoms with Crippen molar-refractivity contribution in [2.24, 2.45) is 5.92 Å². The highest BCUT2D eigenvalue weighted by molar-refractivity contribution is 5.54. The number of phenolic OH excluding ortho intramolecular Hbond substituents is 2. The highest BCUT2D eigenvalue weighted by Crippen LogP contribution is 2.47. The first-order chi connectivity index (χ1) is 9.43. The third-order valence-corrected chi connectivity index (χ3v) is 4.04. The molecule has 0 saturated heterocycles. The van der Waals surface area contributed by atoms with E-state index in [1.54, 1.807) is 13.2 Å². The SMILES string of the molecule is C=C(C)[C@@H]1CCC(C)=C[C@H]1c1c(O)cc(O)cc1OC. The van der Waals surface area contributed by atoms with Crippen LogP contribution in [0.25, 0.3) is 0 Å². The third-order valence-electron chi connectivity index (χ3n) is 4.04. The van der Waals surface area contributed by atoms with Gasteiger partial charge in [0.05, 0.1) is 7.11 Å². The predicted octanol–water partition coefficient (Wildman–Crippen LogP) is 4.12. The molecule has 1 aliphatic rings. The zero-order chi connectivity index (χ0) is 14.9. The second kappa shape index (κ2) is 5.61. The van der Waals surface area contributed by atoms with Crippen LogP contribution in [0, 0.1) is 5.92 Å². The van der Waals surface area contributed by atoms with Gasteiger partial charge in [-0.05, 0) is 32.6 Å². The summed E-state index contributed by atoms with van der Waals surface area (Å²) >= 11 is 0. The van der Waals surface area contributed by atoms with E-state index in [1.807, 2.05) is 6.92 Å². The van der Waals surface area contributed by atoms with Crippen molar-refractivity contribution < 1.29 is 14.9 Å². The first kappa shape index (κ1) is 14.5. The van der Waals surface area contributed by atoms with E-state index in [0.717, 1.165) is 24.0 Å². The van der Waals surface area contributed by atoms with Crippen molar-refractivity contribution in [1.82, 2.24) is 0 Å². The molecule has 3 nitrogen and oxygen atoms in total. The van der Waals surface area contributed by atoms with Crippen molar-refractivity contribution >= 4 is 0 Å². The molecule has 3 heteroatoms. The zero-order valence-corrected chi connectivity index (χ0v) is 12.3. The smallest absolute Gasteiger partial charge is 0.130 e. The first-order valence-electron chi connectivity index (χ1n) is 6.86. The highest BCUT2D eigenvalue weighted by Gasteiger charge is 2.30. The van der Waals surface area contributed by atoms with Gasteiger partial charge in [0, 0.05) is 23.6 Å². The summed E-state index contributed by atoms with van der Waals surface area (Å²) in [6.45, 7) is 8.21. The number of aromatic hydroxyl groups is 2. The number of phenols is 2. The molecule has 1 aromatic rings. The second-order valence-electron chi connectivity index (χ2n) is 5.61. The molecule has 1 aromatic carbocycles. The average Bonchev–Trinajstić information content (AvgIpc) is 2.37. The molecule has 2 rings (SSSR count). The summed E-state index contributed by atoms with van der Waals surface area (Å²) in [4.78, 5) is 0. The zero-order valence-electron chi connectivity index (χ0n) is 12.3. The molecule has 20 heavy (non-hydrogen) atoms. The molecule has 0 saturated carbocycles. The van der Waals surface area contributed by atoms with Gasteiger partial charge in [-0.1, -0.05) is 23.8 Å². The minimum absolute atomic E-state index is 0.00601. The Hall–Kier alpha value is -1.90. The fourth-order valence-corrected chi connectivity index (χ4v) is 3.01. The van der Waals surface area contributed by atoms with Crippen LogP contribution in [0.5, 0.6) is 17.2 Å². The fraction of sp³-hybridized carbons (Fsp3) is 0.412. The standard InChI is InChI=1S/C17H22O3/c1-10(2)13-6-5-11(3)7-14(13)17-15(19)8-12(18)9-16(17)20-4/h7-9,13-14,18-19H,1,5-6H2,2-4H3/t13-,14+/m0/s1. The average molecular weight is 274 g/mol. The number of allylic oxidation sites excluding steroid dienone is 3. The maximum Gasteiger partial charge on any atom is 0.130 e. The molecule has 108 valence electrons. The van der Waals surface area contributed by atoms with Gasteiger partial charge in [0.15, 0.2) is 0 Å². The van der Waals surface area contributed by atoms with Crippen LogP contribution >= 0.6 is 0 Å². The molecular weight excluding hydrogens is 252 g/mol. The Morgan fingerprint density at radius 1 is 1.35 bits per heavy atom. The lowest BCUT2D eigenvalue weighted by Gasteiger charge is -2.31. The van der Waals surface area contributed by atoms with Crippen LogP contribution in [0.2, 0.25) is 0 Å². The van der Waals surface area contributed by atoms with Gasteiger partial charge in [-0.25, -0.2) is 0 Å². The fourth-order valence-electron chi connectivity index (χ4n) is 3.01. The summed E-state index contributed by atoms with van der Waals surface area (Å²) < 4.78 is 5.34. The Kier molecular flexibility index (Phi) is 4.07. The minimum atomic E-state index is 0.00601. The van der Waals surface area contributed by atoms with E-state index in [4.69, 9.17) is 4.74 Å². The van der Waals surface area contributed by atoms with Crippen molar-refractivity contribution in [1.29, 1.82) is 0 Å². The number of rotatable bonds is 3. The Morgan fingerprint density at radius 3 is 2.65 bits per heavy atom. The van der Waals surface area contributed by atoms with Gasteiger partial charge < -0.3 is 14.9 Å². The monoisotopic (exact) mass is 274 g/mol. The van der Waals surface area contributed by atoms with Crippen LogP contribution in [0.15, 0.2) is 35.9 Å². The lowest BCUT2D eigenvalue weighted by molar-refractivity contribution is 0.374. The van der Waals surface area contributed by atoms with Crippen molar-refractivity contribution in [3.8, 4) is 17.2 Å². The van der Waals surface area contributed by atoms with Crippen molar-refractivity contribution in [3.05, 3.63) is 41.5 Å². The molecule has 0 heterocycles. The summed E-state index contributed by atoms with van der Waals surface area (Å²) in [5.74, 6) is 0.917. The number of ether oxygens (including phenoxy) is 1. The molecule has 1 aliphatic carbocycles. The molecule has 0 fully saturated rings. The van der Waals surface area contributed by atoms with Crippen LogP contribution < -0.4 is 4.74 Å². The van der Waals surface area contributed by atoms with Gasteiger partial charge in [-0.2, -0.15) is 0 Å². The number of hydrogen-bond acceptors (Lipinski definition) is 3. The first-order valence-corrected chi connectivity index (χ1v) is 6.86. The van der Waals surface area contributed by atoms with Crippen LogP contribution in [-0.2, 0) is 0 Å². The second-order valence-corrected chi connectivity index (χ2v) is 5.61. The van der Waals surface area contributed by atoms with E-state index in [2.05, 4.69) is 19.6 Å². The number of hydrogen-bond donors (Lipinski definition) is 2. The van der Waals surface area contributed by atoms with E-state index in [9.17, 15) is 10.2 Å². The summed E-state index contributed by atoms with van der Waals surface area (Å²) in [5, 5.41) is 19.8. The largest absolute Gasteiger partial charge is 0.508 e. The van der Waals surface area contributed by atoms with Gasteiger partial charge in [-0.3, -0.25) is 0 Å². The molecule has 0 spiro atoms. The van der Waals surface area contributed by atoms with E-state index >= 15 is 0 Å². The summed E-state index contributed by atoms with van der Waals surface area (Å²) in [7, 11) is 1.55. The molecular formula is C17H22O3.